The number of benzene rings is 3. The molecule has 0 aliphatic rings. The Morgan fingerprint density at radius 2 is 1.47 bits per heavy atom. The van der Waals surface area contributed by atoms with Gasteiger partial charge in [0.05, 0.1) is 5.56 Å². The summed E-state index contributed by atoms with van der Waals surface area (Å²) in [6, 6.07) is 17.1. The molecule has 0 N–H and O–H groups in total. The summed E-state index contributed by atoms with van der Waals surface area (Å²) in [4.78, 5) is 10.8. The minimum Gasteiger partial charge on any atom is -0.242 e. The summed E-state index contributed by atoms with van der Waals surface area (Å²) in [5.41, 5.74) is 0.216. The zero-order chi connectivity index (χ0) is 11.8. The highest BCUT2D eigenvalue weighted by Crippen LogP contribution is 2.25. The second-order valence-corrected chi connectivity index (χ2v) is 4.01. The van der Waals surface area contributed by atoms with Crippen LogP contribution in [0, 0.1) is 0 Å². The van der Waals surface area contributed by atoms with Crippen LogP contribution in [-0.4, -0.2) is 5.97 Å². The molecule has 0 aliphatic carbocycles. The van der Waals surface area contributed by atoms with Crippen LogP contribution in [0.1, 0.15) is 10.4 Å². The molecule has 2 nitrogen and oxygen atoms in total. The molecule has 3 aromatic rings. The van der Waals surface area contributed by atoms with Crippen LogP contribution in [0.5, 0.6) is 0 Å². The Bertz CT molecular complexity index is 729. The highest BCUT2D eigenvalue weighted by molar-refractivity contribution is 6.08. The zero-order valence-corrected chi connectivity index (χ0v) is 9.01. The molecule has 1 radical (unpaired) electrons. The van der Waals surface area contributed by atoms with Crippen LogP contribution in [0.4, 0.5) is 0 Å². The van der Waals surface area contributed by atoms with Crippen molar-refractivity contribution in [2.24, 2.45) is 0 Å². The van der Waals surface area contributed by atoms with Crippen molar-refractivity contribution in [1.29, 1.82) is 0 Å². The monoisotopic (exact) mass is 221 g/mol. The fraction of sp³-hybridized carbons (Fsp3) is 0. The number of rotatable bonds is 1. The van der Waals surface area contributed by atoms with Crippen molar-refractivity contribution in [3.63, 3.8) is 0 Å². The average Bonchev–Trinajstić information content (AvgIpc) is 2.38. The third-order valence-electron chi connectivity index (χ3n) is 2.98. The molecule has 0 spiro atoms. The number of hydrogen-bond acceptors (Lipinski definition) is 1. The van der Waals surface area contributed by atoms with Gasteiger partial charge in [0, 0.05) is 0 Å². The molecule has 3 rings (SSSR count). The smallest absolute Gasteiger partial charge is 0.242 e. The molecule has 0 aliphatic heterocycles. The molecular formula is C15H9O2. The number of carbonyl (C=O) groups excluding carboxylic acids is 1. The van der Waals surface area contributed by atoms with Crippen LogP contribution in [-0.2, 0) is 5.11 Å². The lowest BCUT2D eigenvalue weighted by molar-refractivity contribution is 0.0573. The molecule has 17 heavy (non-hydrogen) atoms. The first kappa shape index (κ1) is 9.85. The average molecular weight is 221 g/mol. The van der Waals surface area contributed by atoms with E-state index in [-0.39, 0.29) is 5.56 Å². The van der Waals surface area contributed by atoms with E-state index in [1.165, 1.54) is 0 Å². The summed E-state index contributed by atoms with van der Waals surface area (Å²) < 4.78 is 0. The zero-order valence-electron chi connectivity index (χ0n) is 9.01. The lowest BCUT2D eigenvalue weighted by Crippen LogP contribution is -1.93. The molecular weight excluding hydrogens is 212 g/mol. The maximum absolute atomic E-state index is 10.8. The first-order valence-corrected chi connectivity index (χ1v) is 5.38. The number of fused-ring (bicyclic) bond motifs is 3. The molecule has 0 aromatic heterocycles. The van der Waals surface area contributed by atoms with Crippen molar-refractivity contribution < 1.29 is 9.90 Å². The lowest BCUT2D eigenvalue weighted by Gasteiger charge is -2.04. The highest BCUT2D eigenvalue weighted by Gasteiger charge is 2.06. The molecule has 2 heteroatoms. The number of carbonyl (C=O) groups is 1. The summed E-state index contributed by atoms with van der Waals surface area (Å²) in [5, 5.41) is 15.1. The van der Waals surface area contributed by atoms with E-state index in [1.54, 1.807) is 12.1 Å². The molecule has 0 saturated carbocycles. The fourth-order valence-electron chi connectivity index (χ4n) is 2.14. The Labute approximate surface area is 98.1 Å². The van der Waals surface area contributed by atoms with Gasteiger partial charge in [-0.1, -0.05) is 42.5 Å². The van der Waals surface area contributed by atoms with E-state index in [0.717, 1.165) is 21.5 Å². The van der Waals surface area contributed by atoms with Crippen LogP contribution in [0.2, 0.25) is 0 Å². The van der Waals surface area contributed by atoms with Gasteiger partial charge in [-0.3, -0.25) is 0 Å². The minimum absolute atomic E-state index is 0.216. The first-order valence-electron chi connectivity index (χ1n) is 5.38. The van der Waals surface area contributed by atoms with Gasteiger partial charge in [0.2, 0.25) is 0 Å². The van der Waals surface area contributed by atoms with Crippen LogP contribution in [0.15, 0.2) is 54.6 Å². The van der Waals surface area contributed by atoms with E-state index in [4.69, 9.17) is 0 Å². The van der Waals surface area contributed by atoms with Crippen molar-refractivity contribution in [2.75, 3.05) is 0 Å². The predicted molar refractivity (Wildman–Crippen MR) is 66.5 cm³/mol. The molecule has 0 saturated heterocycles. The molecule has 0 heterocycles. The standard InChI is InChI=1S/C15H9O2/c16-15(17)12-7-8-14-11(9-12)6-5-10-3-1-2-4-13(10)14/h1-9H. The maximum Gasteiger partial charge on any atom is 0.386 e. The van der Waals surface area contributed by atoms with Crippen LogP contribution >= 0.6 is 0 Å². The van der Waals surface area contributed by atoms with Crippen molar-refractivity contribution >= 4 is 27.5 Å². The van der Waals surface area contributed by atoms with Gasteiger partial charge in [-0.2, -0.15) is 0 Å². The molecule has 0 fully saturated rings. The predicted octanol–water partition coefficient (Wildman–Crippen LogP) is 3.56. The molecule has 0 bridgehead atoms. The second kappa shape index (κ2) is 3.59. The largest absolute Gasteiger partial charge is 0.386 e. The Morgan fingerprint density at radius 3 is 2.29 bits per heavy atom. The van der Waals surface area contributed by atoms with E-state index in [9.17, 15) is 9.90 Å². The molecule has 0 unspecified atom stereocenters. The normalized spacial score (nSPS) is 10.8. The Hall–Kier alpha value is -2.35. The van der Waals surface area contributed by atoms with Gasteiger partial charge in [0.1, 0.15) is 0 Å². The third kappa shape index (κ3) is 1.54. The van der Waals surface area contributed by atoms with Gasteiger partial charge in [-0.05, 0) is 33.7 Å². The van der Waals surface area contributed by atoms with Gasteiger partial charge < -0.3 is 0 Å². The van der Waals surface area contributed by atoms with E-state index < -0.39 is 5.97 Å². The maximum atomic E-state index is 10.8. The summed E-state index contributed by atoms with van der Waals surface area (Å²) in [6.45, 7) is 0. The molecule has 81 valence electrons. The van der Waals surface area contributed by atoms with Crippen LogP contribution < -0.4 is 0 Å². The van der Waals surface area contributed by atoms with Crippen molar-refractivity contribution in [1.82, 2.24) is 0 Å². The van der Waals surface area contributed by atoms with Gasteiger partial charge in [-0.25, -0.2) is 9.90 Å². The van der Waals surface area contributed by atoms with E-state index in [2.05, 4.69) is 0 Å². The third-order valence-corrected chi connectivity index (χ3v) is 2.98. The Balaban J connectivity index is 2.41. The van der Waals surface area contributed by atoms with Crippen molar-refractivity contribution in [3.8, 4) is 0 Å². The SMILES string of the molecule is [O]C(=O)c1ccc2c(ccc3ccccc32)c1. The first-order chi connectivity index (χ1) is 8.25. The van der Waals surface area contributed by atoms with E-state index in [0.29, 0.717) is 0 Å². The van der Waals surface area contributed by atoms with Crippen molar-refractivity contribution in [3.05, 3.63) is 60.2 Å². The lowest BCUT2D eigenvalue weighted by atomic mass is 10.0. The van der Waals surface area contributed by atoms with Gasteiger partial charge in [0.25, 0.3) is 0 Å². The van der Waals surface area contributed by atoms with E-state index in [1.807, 2.05) is 42.5 Å². The molecule has 3 aromatic carbocycles. The van der Waals surface area contributed by atoms with Gasteiger partial charge in [0.15, 0.2) is 0 Å². The van der Waals surface area contributed by atoms with E-state index >= 15 is 0 Å². The van der Waals surface area contributed by atoms with Gasteiger partial charge >= 0.3 is 5.97 Å². The topological polar surface area (TPSA) is 37.0 Å². The Kier molecular flexibility index (Phi) is 2.08. The summed E-state index contributed by atoms with van der Waals surface area (Å²) in [7, 11) is 0. The second-order valence-electron chi connectivity index (χ2n) is 4.01. The fourth-order valence-corrected chi connectivity index (χ4v) is 2.14. The minimum atomic E-state index is -1.14. The molecule has 0 atom stereocenters. The summed E-state index contributed by atoms with van der Waals surface area (Å²) in [5.74, 6) is -1.14. The summed E-state index contributed by atoms with van der Waals surface area (Å²) in [6.07, 6.45) is 0. The quantitative estimate of drug-likeness (QED) is 0.579. The Morgan fingerprint density at radius 1 is 0.765 bits per heavy atom. The summed E-state index contributed by atoms with van der Waals surface area (Å²) >= 11 is 0. The van der Waals surface area contributed by atoms with Crippen molar-refractivity contribution in [2.45, 2.75) is 0 Å². The van der Waals surface area contributed by atoms with Crippen LogP contribution in [0.3, 0.4) is 0 Å². The van der Waals surface area contributed by atoms with Gasteiger partial charge in [-0.15, -0.1) is 0 Å². The highest BCUT2D eigenvalue weighted by atomic mass is 16.4. The number of hydrogen-bond donors (Lipinski definition) is 0. The van der Waals surface area contributed by atoms with Crippen LogP contribution in [0.25, 0.3) is 21.5 Å². The molecule has 0 amide bonds.